The number of anilines is 1. The van der Waals surface area contributed by atoms with Crippen LogP contribution in [0.3, 0.4) is 0 Å². The maximum Gasteiger partial charge on any atom is 0.272 e. The number of hydrogen-bond donors (Lipinski definition) is 1. The summed E-state index contributed by atoms with van der Waals surface area (Å²) in [7, 11) is 0. The summed E-state index contributed by atoms with van der Waals surface area (Å²) < 4.78 is 5.60. The molecule has 0 spiro atoms. The van der Waals surface area contributed by atoms with E-state index in [0.717, 1.165) is 18.6 Å². The first-order valence-corrected chi connectivity index (χ1v) is 9.78. The van der Waals surface area contributed by atoms with Crippen LogP contribution < -0.4 is 10.1 Å². The zero-order valence-electron chi connectivity index (χ0n) is 17.1. The number of rotatable bonds is 9. The molecule has 1 N–H and O–H groups in total. The summed E-state index contributed by atoms with van der Waals surface area (Å²) in [6.07, 6.45) is 3.34. The van der Waals surface area contributed by atoms with Gasteiger partial charge in [-0.1, -0.05) is 13.8 Å². The molecular formula is C22H29N3O3. The Morgan fingerprint density at radius 3 is 2.29 bits per heavy atom. The Morgan fingerprint density at radius 1 is 1.07 bits per heavy atom. The average molecular weight is 383 g/mol. The van der Waals surface area contributed by atoms with Crippen LogP contribution in [0.15, 0.2) is 42.6 Å². The topological polar surface area (TPSA) is 71.5 Å². The van der Waals surface area contributed by atoms with Crippen LogP contribution in [0.5, 0.6) is 5.75 Å². The molecule has 28 heavy (non-hydrogen) atoms. The third-order valence-electron chi connectivity index (χ3n) is 4.00. The molecule has 2 amide bonds. The van der Waals surface area contributed by atoms with Gasteiger partial charge in [0.15, 0.2) is 0 Å². The number of benzene rings is 1. The third kappa shape index (κ3) is 6.08. The fourth-order valence-electron chi connectivity index (χ4n) is 2.80. The molecule has 0 aliphatic carbocycles. The number of pyridine rings is 1. The molecule has 6 heteroatoms. The summed E-state index contributed by atoms with van der Waals surface area (Å²) in [4.78, 5) is 31.2. The molecule has 150 valence electrons. The monoisotopic (exact) mass is 383 g/mol. The van der Waals surface area contributed by atoms with Crippen molar-refractivity contribution in [3.8, 4) is 5.75 Å². The highest BCUT2D eigenvalue weighted by atomic mass is 16.5. The zero-order chi connectivity index (χ0) is 20.5. The number of nitrogens with zero attached hydrogens (tertiary/aromatic N) is 2. The molecule has 0 bridgehead atoms. The van der Waals surface area contributed by atoms with Gasteiger partial charge in [-0.25, -0.2) is 0 Å². The van der Waals surface area contributed by atoms with E-state index >= 15 is 0 Å². The fourth-order valence-corrected chi connectivity index (χ4v) is 2.80. The van der Waals surface area contributed by atoms with Gasteiger partial charge in [-0.2, -0.15) is 0 Å². The highest BCUT2D eigenvalue weighted by molar-refractivity contribution is 6.05. The van der Waals surface area contributed by atoms with Crippen LogP contribution in [0.1, 0.15) is 61.4 Å². The van der Waals surface area contributed by atoms with Crippen molar-refractivity contribution < 1.29 is 14.3 Å². The number of ether oxygens (including phenoxy) is 1. The molecule has 1 heterocycles. The normalized spacial score (nSPS) is 10.6. The molecule has 0 radical (unpaired) electrons. The maximum atomic E-state index is 12.7. The van der Waals surface area contributed by atoms with Crippen LogP contribution in [0.25, 0.3) is 0 Å². The van der Waals surface area contributed by atoms with Crippen LogP contribution >= 0.6 is 0 Å². The second kappa shape index (κ2) is 10.4. The van der Waals surface area contributed by atoms with E-state index in [2.05, 4.69) is 10.3 Å². The van der Waals surface area contributed by atoms with Gasteiger partial charge in [-0.15, -0.1) is 0 Å². The van der Waals surface area contributed by atoms with Crippen molar-refractivity contribution in [2.45, 2.75) is 46.6 Å². The first-order chi connectivity index (χ1) is 13.4. The van der Waals surface area contributed by atoms with Crippen molar-refractivity contribution in [1.82, 2.24) is 9.88 Å². The van der Waals surface area contributed by atoms with Crippen LogP contribution in [0.2, 0.25) is 0 Å². The van der Waals surface area contributed by atoms with E-state index in [0.29, 0.717) is 24.3 Å². The lowest BCUT2D eigenvalue weighted by Crippen LogP contribution is -2.33. The molecule has 0 saturated heterocycles. The lowest BCUT2D eigenvalue weighted by Gasteiger charge is -2.21. The van der Waals surface area contributed by atoms with E-state index in [1.165, 1.54) is 6.20 Å². The quantitative estimate of drug-likeness (QED) is 0.697. The number of amides is 2. The summed E-state index contributed by atoms with van der Waals surface area (Å²) in [6.45, 7) is 9.33. The van der Waals surface area contributed by atoms with E-state index in [4.69, 9.17) is 4.74 Å². The molecule has 2 aromatic rings. The van der Waals surface area contributed by atoms with Gasteiger partial charge in [0.1, 0.15) is 11.4 Å². The van der Waals surface area contributed by atoms with Crippen molar-refractivity contribution in [1.29, 1.82) is 0 Å². The molecule has 0 saturated carbocycles. The maximum absolute atomic E-state index is 12.7. The molecular weight excluding hydrogens is 354 g/mol. The summed E-state index contributed by atoms with van der Waals surface area (Å²) in [5.41, 5.74) is 1.34. The third-order valence-corrected chi connectivity index (χ3v) is 4.00. The number of hydrogen-bond acceptors (Lipinski definition) is 4. The van der Waals surface area contributed by atoms with Crippen LogP contribution in [-0.4, -0.2) is 40.9 Å². The molecule has 1 aromatic carbocycles. The van der Waals surface area contributed by atoms with Crippen molar-refractivity contribution in [2.75, 3.05) is 18.4 Å². The molecule has 2 rings (SSSR count). The van der Waals surface area contributed by atoms with Crippen molar-refractivity contribution in [3.63, 3.8) is 0 Å². The van der Waals surface area contributed by atoms with E-state index in [9.17, 15) is 9.59 Å². The summed E-state index contributed by atoms with van der Waals surface area (Å²) in [5.74, 6) is 0.316. The zero-order valence-corrected chi connectivity index (χ0v) is 17.1. The number of carbonyl (C=O) groups is 2. The van der Waals surface area contributed by atoms with E-state index in [-0.39, 0.29) is 23.6 Å². The fraction of sp³-hybridized carbons (Fsp3) is 0.409. The van der Waals surface area contributed by atoms with Gasteiger partial charge < -0.3 is 15.0 Å². The minimum Gasteiger partial charge on any atom is -0.491 e. The predicted octanol–water partition coefficient (Wildman–Crippen LogP) is 4.38. The summed E-state index contributed by atoms with van der Waals surface area (Å²) >= 11 is 0. The lowest BCUT2D eigenvalue weighted by molar-refractivity contribution is 0.0749. The van der Waals surface area contributed by atoms with E-state index in [1.807, 2.05) is 39.8 Å². The Balaban J connectivity index is 2.10. The van der Waals surface area contributed by atoms with Gasteiger partial charge in [0.25, 0.3) is 11.8 Å². The Kier molecular flexibility index (Phi) is 7.99. The molecule has 0 unspecified atom stereocenters. The highest BCUT2D eigenvalue weighted by Gasteiger charge is 2.17. The van der Waals surface area contributed by atoms with Gasteiger partial charge in [0, 0.05) is 30.5 Å². The minimum atomic E-state index is -0.286. The Hall–Kier alpha value is -2.89. The average Bonchev–Trinajstić information content (AvgIpc) is 2.68. The number of carbonyl (C=O) groups excluding carboxylic acids is 2. The second-order valence-electron chi connectivity index (χ2n) is 6.87. The SMILES string of the molecule is CCCN(CCC)C(=O)c1cc(C(=O)Nc2ccc(OC(C)C)cc2)ccn1. The van der Waals surface area contributed by atoms with E-state index in [1.54, 1.807) is 29.2 Å². The number of nitrogens with one attached hydrogen (secondary N) is 1. The van der Waals surface area contributed by atoms with Gasteiger partial charge in [-0.3, -0.25) is 14.6 Å². The Morgan fingerprint density at radius 2 is 1.71 bits per heavy atom. The van der Waals surface area contributed by atoms with Gasteiger partial charge >= 0.3 is 0 Å². The van der Waals surface area contributed by atoms with Crippen LogP contribution in [0.4, 0.5) is 5.69 Å². The molecule has 0 aliphatic heterocycles. The van der Waals surface area contributed by atoms with Gasteiger partial charge in [0.2, 0.25) is 0 Å². The standard InChI is InChI=1S/C22H29N3O3/c1-5-13-25(14-6-2)22(27)20-15-17(11-12-23-20)21(26)24-18-7-9-19(10-8-18)28-16(3)4/h7-12,15-16H,5-6,13-14H2,1-4H3,(H,24,26). The predicted molar refractivity (Wildman–Crippen MR) is 111 cm³/mol. The lowest BCUT2D eigenvalue weighted by atomic mass is 10.2. The summed E-state index contributed by atoms with van der Waals surface area (Å²) in [5, 5.41) is 2.84. The first-order valence-electron chi connectivity index (χ1n) is 9.78. The minimum absolute atomic E-state index is 0.0909. The Bertz CT molecular complexity index is 782. The molecule has 6 nitrogen and oxygen atoms in total. The second-order valence-corrected chi connectivity index (χ2v) is 6.87. The smallest absolute Gasteiger partial charge is 0.272 e. The highest BCUT2D eigenvalue weighted by Crippen LogP contribution is 2.18. The number of aromatic nitrogens is 1. The van der Waals surface area contributed by atoms with Crippen LogP contribution in [-0.2, 0) is 0 Å². The van der Waals surface area contributed by atoms with Crippen molar-refractivity contribution in [3.05, 3.63) is 53.9 Å². The van der Waals surface area contributed by atoms with Gasteiger partial charge in [-0.05, 0) is 63.1 Å². The molecule has 0 fully saturated rings. The molecule has 1 aromatic heterocycles. The molecule has 0 aliphatic rings. The van der Waals surface area contributed by atoms with Gasteiger partial charge in [0.05, 0.1) is 6.10 Å². The summed E-state index contributed by atoms with van der Waals surface area (Å²) in [6, 6.07) is 10.3. The van der Waals surface area contributed by atoms with Crippen LogP contribution in [0, 0.1) is 0 Å². The Labute approximate surface area is 166 Å². The van der Waals surface area contributed by atoms with Crippen molar-refractivity contribution >= 4 is 17.5 Å². The first kappa shape index (κ1) is 21.4. The van der Waals surface area contributed by atoms with Crippen molar-refractivity contribution in [2.24, 2.45) is 0 Å². The molecule has 0 atom stereocenters. The largest absolute Gasteiger partial charge is 0.491 e. The van der Waals surface area contributed by atoms with E-state index < -0.39 is 0 Å².